The maximum absolute atomic E-state index is 13.2. The monoisotopic (exact) mass is 499 g/mol. The van der Waals surface area contributed by atoms with E-state index in [9.17, 15) is 9.59 Å². The van der Waals surface area contributed by atoms with Gasteiger partial charge in [-0.15, -0.1) is 0 Å². The van der Waals surface area contributed by atoms with Crippen molar-refractivity contribution >= 4 is 11.8 Å². The number of aryl methyl sites for hydroxylation is 2. The van der Waals surface area contributed by atoms with Crippen LogP contribution in [0, 0.1) is 25.7 Å². The Morgan fingerprint density at radius 3 is 2.35 bits per heavy atom. The van der Waals surface area contributed by atoms with Gasteiger partial charge in [-0.25, -0.2) is 9.97 Å². The van der Waals surface area contributed by atoms with Crippen LogP contribution < -0.4 is 0 Å². The molecule has 1 aliphatic carbocycles. The van der Waals surface area contributed by atoms with Crippen molar-refractivity contribution in [1.82, 2.24) is 24.7 Å². The molecule has 1 atom stereocenters. The summed E-state index contributed by atoms with van der Waals surface area (Å²) in [6, 6.07) is 10.8. The van der Waals surface area contributed by atoms with Gasteiger partial charge >= 0.3 is 0 Å². The Bertz CT molecular complexity index is 1190. The van der Waals surface area contributed by atoms with Crippen molar-refractivity contribution in [2.75, 3.05) is 39.3 Å². The fraction of sp³-hybridized carbons (Fsp3) is 0.533. The highest BCUT2D eigenvalue weighted by molar-refractivity contribution is 5.96. The van der Waals surface area contributed by atoms with E-state index in [1.165, 1.54) is 30.3 Å². The third-order valence-corrected chi connectivity index (χ3v) is 9.14. The quantitative estimate of drug-likeness (QED) is 0.606. The van der Waals surface area contributed by atoms with Crippen LogP contribution in [-0.4, -0.2) is 75.8 Å². The van der Waals surface area contributed by atoms with E-state index in [-0.39, 0.29) is 17.2 Å². The maximum atomic E-state index is 13.2. The lowest BCUT2D eigenvalue weighted by Gasteiger charge is -2.52. The van der Waals surface area contributed by atoms with E-state index in [4.69, 9.17) is 0 Å². The zero-order valence-corrected chi connectivity index (χ0v) is 22.0. The number of amides is 2. The molecule has 1 aromatic carbocycles. The number of rotatable bonds is 6. The topological polar surface area (TPSA) is 69.6 Å². The first-order valence-electron chi connectivity index (χ1n) is 13.8. The van der Waals surface area contributed by atoms with Gasteiger partial charge in [0, 0.05) is 62.7 Å². The predicted molar refractivity (Wildman–Crippen MR) is 142 cm³/mol. The number of carbonyl (C=O) groups excluding carboxylic acids is 2. The SMILES string of the molecule is Cc1ncnc(C)c1C(=O)N1CC2=CN(CCC3(c4ccccc4)CN(C(=O)C4CCCC4)C3)CC2C1. The van der Waals surface area contributed by atoms with Gasteiger partial charge in [0.2, 0.25) is 5.91 Å². The van der Waals surface area contributed by atoms with E-state index in [0.717, 1.165) is 63.4 Å². The molecule has 0 N–H and O–H groups in total. The zero-order valence-electron chi connectivity index (χ0n) is 22.0. The Morgan fingerprint density at radius 1 is 0.973 bits per heavy atom. The molecule has 1 unspecified atom stereocenters. The zero-order chi connectivity index (χ0) is 25.6. The lowest BCUT2D eigenvalue weighted by molar-refractivity contribution is -0.143. The van der Waals surface area contributed by atoms with Crippen LogP contribution in [0.15, 0.2) is 48.4 Å². The molecule has 1 saturated carbocycles. The Labute approximate surface area is 219 Å². The van der Waals surface area contributed by atoms with Crippen LogP contribution in [0.25, 0.3) is 0 Å². The summed E-state index contributed by atoms with van der Waals surface area (Å²) < 4.78 is 0. The lowest BCUT2D eigenvalue weighted by atomic mass is 9.70. The van der Waals surface area contributed by atoms with Crippen molar-refractivity contribution in [3.8, 4) is 0 Å². The lowest BCUT2D eigenvalue weighted by Crippen LogP contribution is -2.62. The molecule has 0 spiro atoms. The summed E-state index contributed by atoms with van der Waals surface area (Å²) in [5.41, 5.74) is 4.88. The van der Waals surface area contributed by atoms with E-state index in [2.05, 4.69) is 56.3 Å². The summed E-state index contributed by atoms with van der Waals surface area (Å²) in [6.45, 7) is 8.79. The first-order chi connectivity index (χ1) is 17.9. The van der Waals surface area contributed by atoms with E-state index < -0.39 is 0 Å². The summed E-state index contributed by atoms with van der Waals surface area (Å²) in [6.07, 6.45) is 9.36. The van der Waals surface area contributed by atoms with Crippen molar-refractivity contribution in [2.45, 2.75) is 51.4 Å². The average Bonchev–Trinajstić information content (AvgIpc) is 3.61. The minimum atomic E-state index is 0.0378. The molecule has 3 aliphatic heterocycles. The third-order valence-electron chi connectivity index (χ3n) is 9.14. The summed E-state index contributed by atoms with van der Waals surface area (Å²) in [5.74, 6) is 1.06. The van der Waals surface area contributed by atoms with Crippen molar-refractivity contribution < 1.29 is 9.59 Å². The van der Waals surface area contributed by atoms with Crippen LogP contribution in [0.1, 0.15) is 59.4 Å². The smallest absolute Gasteiger partial charge is 0.257 e. The van der Waals surface area contributed by atoms with Gasteiger partial charge < -0.3 is 14.7 Å². The molecule has 1 aromatic heterocycles. The molecule has 194 valence electrons. The highest BCUT2D eigenvalue weighted by Gasteiger charge is 2.48. The summed E-state index contributed by atoms with van der Waals surface area (Å²) in [5, 5.41) is 0. The third kappa shape index (κ3) is 4.42. The second kappa shape index (κ2) is 9.58. The number of likely N-dealkylation sites (tertiary alicyclic amines) is 2. The van der Waals surface area contributed by atoms with Crippen LogP contribution in [0.5, 0.6) is 0 Å². The standard InChI is InChI=1S/C30H37N5O2/c1-21-27(22(2)32-20-31-21)29(37)34-16-24-14-33(15-25(24)17-34)13-12-30(26-10-4-3-5-11-26)18-35(19-30)28(36)23-8-6-7-9-23/h3-5,10-11,14,20,23,25H,6-9,12-13,15-19H2,1-2H3. The second-order valence-electron chi connectivity index (χ2n) is 11.6. The van der Waals surface area contributed by atoms with Gasteiger partial charge in [-0.1, -0.05) is 43.2 Å². The summed E-state index contributed by atoms with van der Waals surface area (Å²) in [7, 11) is 0. The Balaban J connectivity index is 1.10. The molecular formula is C30H37N5O2. The molecule has 2 saturated heterocycles. The summed E-state index contributed by atoms with van der Waals surface area (Å²) >= 11 is 0. The molecule has 4 aliphatic rings. The molecular weight excluding hydrogens is 462 g/mol. The Hall–Kier alpha value is -3.22. The van der Waals surface area contributed by atoms with Gasteiger partial charge in [-0.2, -0.15) is 0 Å². The molecule has 0 radical (unpaired) electrons. The van der Waals surface area contributed by atoms with E-state index in [1.807, 2.05) is 18.7 Å². The minimum Gasteiger partial charge on any atom is -0.377 e. The fourth-order valence-corrected chi connectivity index (χ4v) is 6.97. The molecule has 37 heavy (non-hydrogen) atoms. The maximum Gasteiger partial charge on any atom is 0.257 e. The highest BCUT2D eigenvalue weighted by atomic mass is 16.2. The molecule has 2 amide bonds. The van der Waals surface area contributed by atoms with Crippen molar-refractivity contribution in [2.24, 2.45) is 11.8 Å². The van der Waals surface area contributed by atoms with Crippen LogP contribution in [-0.2, 0) is 10.2 Å². The van der Waals surface area contributed by atoms with E-state index in [1.54, 1.807) is 0 Å². The van der Waals surface area contributed by atoms with Crippen LogP contribution in [0.2, 0.25) is 0 Å². The first kappa shape index (κ1) is 24.1. The summed E-state index contributed by atoms with van der Waals surface area (Å²) in [4.78, 5) is 41.2. The number of nitrogens with zero attached hydrogens (tertiary/aromatic N) is 5. The first-order valence-corrected chi connectivity index (χ1v) is 13.8. The largest absolute Gasteiger partial charge is 0.377 e. The van der Waals surface area contributed by atoms with Crippen molar-refractivity contribution in [3.63, 3.8) is 0 Å². The molecule has 2 aromatic rings. The number of fused-ring (bicyclic) bond motifs is 1. The Kier molecular flexibility index (Phi) is 6.25. The van der Waals surface area contributed by atoms with Crippen LogP contribution >= 0.6 is 0 Å². The minimum absolute atomic E-state index is 0.0378. The van der Waals surface area contributed by atoms with Gasteiger partial charge in [0.15, 0.2) is 0 Å². The van der Waals surface area contributed by atoms with E-state index >= 15 is 0 Å². The van der Waals surface area contributed by atoms with Gasteiger partial charge in [0.1, 0.15) is 6.33 Å². The van der Waals surface area contributed by atoms with Crippen molar-refractivity contribution in [1.29, 1.82) is 0 Å². The van der Waals surface area contributed by atoms with Gasteiger partial charge in [-0.05, 0) is 44.2 Å². The molecule has 7 heteroatoms. The number of aromatic nitrogens is 2. The number of hydrogen-bond acceptors (Lipinski definition) is 5. The van der Waals surface area contributed by atoms with Gasteiger partial charge in [-0.3, -0.25) is 9.59 Å². The van der Waals surface area contributed by atoms with Gasteiger partial charge in [0.25, 0.3) is 5.91 Å². The van der Waals surface area contributed by atoms with Crippen LogP contribution in [0.3, 0.4) is 0 Å². The van der Waals surface area contributed by atoms with E-state index in [0.29, 0.717) is 23.9 Å². The molecule has 4 heterocycles. The number of benzene rings is 1. The molecule has 7 nitrogen and oxygen atoms in total. The fourth-order valence-electron chi connectivity index (χ4n) is 6.97. The Morgan fingerprint density at radius 2 is 1.68 bits per heavy atom. The van der Waals surface area contributed by atoms with Crippen LogP contribution in [0.4, 0.5) is 0 Å². The predicted octanol–water partition coefficient (Wildman–Crippen LogP) is 3.73. The molecule has 3 fully saturated rings. The number of hydrogen-bond donors (Lipinski definition) is 0. The normalized spacial score (nSPS) is 22.7. The molecule has 0 bridgehead atoms. The second-order valence-corrected chi connectivity index (χ2v) is 11.6. The average molecular weight is 500 g/mol. The number of carbonyl (C=O) groups is 2. The highest BCUT2D eigenvalue weighted by Crippen LogP contribution is 2.41. The molecule has 6 rings (SSSR count). The van der Waals surface area contributed by atoms with Crippen molar-refractivity contribution in [3.05, 3.63) is 70.9 Å². The van der Waals surface area contributed by atoms with Gasteiger partial charge in [0.05, 0.1) is 17.0 Å².